The summed E-state index contributed by atoms with van der Waals surface area (Å²) in [6, 6.07) is 0. The third kappa shape index (κ3) is 5.78. The van der Waals surface area contributed by atoms with Crippen LogP contribution in [0.15, 0.2) is 0 Å². The molecule has 0 amide bonds. The highest BCUT2D eigenvalue weighted by molar-refractivity contribution is 4.75. The second kappa shape index (κ2) is 8.90. The van der Waals surface area contributed by atoms with Crippen molar-refractivity contribution >= 4 is 0 Å². The molecule has 0 aromatic heterocycles. The first kappa shape index (κ1) is 15.2. The van der Waals surface area contributed by atoms with Gasteiger partial charge in [0.1, 0.15) is 0 Å². The number of nitrogens with zero attached hydrogens (tertiary/aromatic N) is 2. The van der Waals surface area contributed by atoms with Crippen LogP contribution in [0.3, 0.4) is 0 Å². The van der Waals surface area contributed by atoms with Crippen LogP contribution in [0, 0.1) is 5.92 Å². The first-order chi connectivity index (χ1) is 9.38. The smallest absolute Gasteiger partial charge is 0.0593 e. The van der Waals surface area contributed by atoms with E-state index in [1.165, 1.54) is 51.9 Å². The quantitative estimate of drug-likeness (QED) is 0.623. The standard InChI is InChI=1S/C15H30N2O2/c1-18-11-9-17-8-5-15(13-17)14-19-12-10-16-6-3-2-4-7-16/h15H,2-14H2,1H3. The van der Waals surface area contributed by atoms with Crippen molar-refractivity contribution in [1.29, 1.82) is 0 Å². The zero-order valence-electron chi connectivity index (χ0n) is 12.5. The summed E-state index contributed by atoms with van der Waals surface area (Å²) in [6.45, 7) is 9.85. The minimum Gasteiger partial charge on any atom is -0.383 e. The maximum Gasteiger partial charge on any atom is 0.0593 e. The molecular formula is C15H30N2O2. The Morgan fingerprint density at radius 2 is 1.74 bits per heavy atom. The molecule has 2 fully saturated rings. The fourth-order valence-electron chi connectivity index (χ4n) is 3.10. The number of methoxy groups -OCH3 is 1. The van der Waals surface area contributed by atoms with E-state index in [0.29, 0.717) is 0 Å². The second-order valence-electron chi connectivity index (χ2n) is 5.93. The molecule has 0 aromatic rings. The van der Waals surface area contributed by atoms with Gasteiger partial charge >= 0.3 is 0 Å². The monoisotopic (exact) mass is 270 g/mol. The average molecular weight is 270 g/mol. The van der Waals surface area contributed by atoms with E-state index in [-0.39, 0.29) is 0 Å². The van der Waals surface area contributed by atoms with Gasteiger partial charge < -0.3 is 19.3 Å². The first-order valence-electron chi connectivity index (χ1n) is 7.90. The molecule has 0 aliphatic carbocycles. The minimum atomic E-state index is 0.734. The van der Waals surface area contributed by atoms with Crippen LogP contribution in [0.1, 0.15) is 25.7 Å². The zero-order chi connectivity index (χ0) is 13.3. The molecule has 1 unspecified atom stereocenters. The molecule has 4 nitrogen and oxygen atoms in total. The predicted octanol–water partition coefficient (Wildman–Crippen LogP) is 1.46. The topological polar surface area (TPSA) is 24.9 Å². The maximum atomic E-state index is 5.87. The van der Waals surface area contributed by atoms with E-state index < -0.39 is 0 Å². The first-order valence-corrected chi connectivity index (χ1v) is 7.90. The van der Waals surface area contributed by atoms with Crippen molar-refractivity contribution in [1.82, 2.24) is 9.80 Å². The van der Waals surface area contributed by atoms with E-state index >= 15 is 0 Å². The van der Waals surface area contributed by atoms with E-state index in [1.807, 2.05) is 0 Å². The van der Waals surface area contributed by atoms with Gasteiger partial charge in [0.05, 0.1) is 19.8 Å². The highest BCUT2D eigenvalue weighted by Gasteiger charge is 2.22. The molecule has 0 saturated carbocycles. The molecule has 0 bridgehead atoms. The third-order valence-electron chi connectivity index (χ3n) is 4.34. The minimum absolute atomic E-state index is 0.734. The van der Waals surface area contributed by atoms with E-state index in [2.05, 4.69) is 9.80 Å². The Balaban J connectivity index is 1.47. The van der Waals surface area contributed by atoms with E-state index in [1.54, 1.807) is 7.11 Å². The number of hydrogen-bond donors (Lipinski definition) is 0. The fourth-order valence-corrected chi connectivity index (χ4v) is 3.10. The molecule has 0 spiro atoms. The molecule has 19 heavy (non-hydrogen) atoms. The van der Waals surface area contributed by atoms with Gasteiger partial charge in [-0.05, 0) is 44.8 Å². The Morgan fingerprint density at radius 1 is 0.947 bits per heavy atom. The van der Waals surface area contributed by atoms with Crippen LogP contribution < -0.4 is 0 Å². The van der Waals surface area contributed by atoms with Crippen molar-refractivity contribution in [3.05, 3.63) is 0 Å². The molecule has 4 heteroatoms. The van der Waals surface area contributed by atoms with Crippen molar-refractivity contribution < 1.29 is 9.47 Å². The molecule has 0 radical (unpaired) electrons. The molecule has 112 valence electrons. The van der Waals surface area contributed by atoms with Crippen molar-refractivity contribution in [2.45, 2.75) is 25.7 Å². The van der Waals surface area contributed by atoms with Gasteiger partial charge in [0.25, 0.3) is 0 Å². The molecule has 1 atom stereocenters. The second-order valence-corrected chi connectivity index (χ2v) is 5.93. The van der Waals surface area contributed by atoms with Crippen LogP contribution >= 0.6 is 0 Å². The average Bonchev–Trinajstić information content (AvgIpc) is 2.90. The van der Waals surface area contributed by atoms with Crippen LogP contribution in [0.4, 0.5) is 0 Å². The highest BCUT2D eigenvalue weighted by Crippen LogP contribution is 2.16. The Hall–Kier alpha value is -0.160. The van der Waals surface area contributed by atoms with Gasteiger partial charge in [-0.2, -0.15) is 0 Å². The number of rotatable bonds is 8. The number of ether oxygens (including phenoxy) is 2. The Bertz CT molecular complexity index is 232. The van der Waals surface area contributed by atoms with E-state index in [4.69, 9.17) is 9.47 Å². The maximum absolute atomic E-state index is 5.87. The molecule has 0 aromatic carbocycles. The molecule has 2 heterocycles. The van der Waals surface area contributed by atoms with Crippen LogP contribution in [-0.4, -0.2) is 76.0 Å². The van der Waals surface area contributed by atoms with Gasteiger partial charge in [0, 0.05) is 26.7 Å². The molecule has 2 rings (SSSR count). The number of likely N-dealkylation sites (tertiary alicyclic amines) is 2. The summed E-state index contributed by atoms with van der Waals surface area (Å²) in [6.07, 6.45) is 5.44. The van der Waals surface area contributed by atoms with Crippen molar-refractivity contribution in [2.24, 2.45) is 5.92 Å². The zero-order valence-corrected chi connectivity index (χ0v) is 12.5. The molecule has 2 aliphatic heterocycles. The lowest BCUT2D eigenvalue weighted by atomic mass is 10.1. The van der Waals surface area contributed by atoms with Crippen molar-refractivity contribution in [2.75, 3.05) is 66.2 Å². The lowest BCUT2D eigenvalue weighted by Crippen LogP contribution is -2.33. The lowest BCUT2D eigenvalue weighted by molar-refractivity contribution is 0.0730. The van der Waals surface area contributed by atoms with Gasteiger partial charge in [0.2, 0.25) is 0 Å². The third-order valence-corrected chi connectivity index (χ3v) is 4.34. The number of piperidine rings is 1. The Morgan fingerprint density at radius 3 is 2.53 bits per heavy atom. The van der Waals surface area contributed by atoms with E-state index in [9.17, 15) is 0 Å². The van der Waals surface area contributed by atoms with Crippen LogP contribution in [-0.2, 0) is 9.47 Å². The number of hydrogen-bond acceptors (Lipinski definition) is 4. The SMILES string of the molecule is COCCN1CCC(COCCN2CCCCC2)C1. The fraction of sp³-hybridized carbons (Fsp3) is 1.00. The van der Waals surface area contributed by atoms with E-state index in [0.717, 1.165) is 38.8 Å². The van der Waals surface area contributed by atoms with Crippen LogP contribution in [0.5, 0.6) is 0 Å². The molecule has 2 saturated heterocycles. The van der Waals surface area contributed by atoms with Gasteiger partial charge in [-0.15, -0.1) is 0 Å². The summed E-state index contributed by atoms with van der Waals surface area (Å²) in [5.74, 6) is 0.734. The summed E-state index contributed by atoms with van der Waals surface area (Å²) in [4.78, 5) is 5.03. The van der Waals surface area contributed by atoms with Gasteiger partial charge in [-0.25, -0.2) is 0 Å². The van der Waals surface area contributed by atoms with Crippen molar-refractivity contribution in [3.63, 3.8) is 0 Å². The highest BCUT2D eigenvalue weighted by atomic mass is 16.5. The Kier molecular flexibility index (Phi) is 7.14. The summed E-state index contributed by atoms with van der Waals surface area (Å²) in [5, 5.41) is 0. The normalized spacial score (nSPS) is 26.1. The molecule has 0 N–H and O–H groups in total. The largest absolute Gasteiger partial charge is 0.383 e. The summed E-state index contributed by atoms with van der Waals surface area (Å²) in [5.41, 5.74) is 0. The van der Waals surface area contributed by atoms with Gasteiger partial charge in [0.15, 0.2) is 0 Å². The van der Waals surface area contributed by atoms with Crippen LogP contribution in [0.25, 0.3) is 0 Å². The molecular weight excluding hydrogens is 240 g/mol. The lowest BCUT2D eigenvalue weighted by Gasteiger charge is -2.26. The van der Waals surface area contributed by atoms with Gasteiger partial charge in [-0.1, -0.05) is 6.42 Å². The van der Waals surface area contributed by atoms with Gasteiger partial charge in [-0.3, -0.25) is 0 Å². The van der Waals surface area contributed by atoms with Crippen LogP contribution in [0.2, 0.25) is 0 Å². The summed E-state index contributed by atoms with van der Waals surface area (Å²) < 4.78 is 11.0. The summed E-state index contributed by atoms with van der Waals surface area (Å²) >= 11 is 0. The predicted molar refractivity (Wildman–Crippen MR) is 77.5 cm³/mol. The molecule has 2 aliphatic rings. The summed E-state index contributed by atoms with van der Waals surface area (Å²) in [7, 11) is 1.78. The van der Waals surface area contributed by atoms with Crippen molar-refractivity contribution in [3.8, 4) is 0 Å². The Labute approximate surface area is 118 Å².